The van der Waals surface area contributed by atoms with Crippen LogP contribution in [0.2, 0.25) is 0 Å². The van der Waals surface area contributed by atoms with Crippen LogP contribution in [0.3, 0.4) is 0 Å². The summed E-state index contributed by atoms with van der Waals surface area (Å²) < 4.78 is 10.3. The van der Waals surface area contributed by atoms with Crippen LogP contribution in [0.4, 0.5) is 4.79 Å². The lowest BCUT2D eigenvalue weighted by molar-refractivity contribution is -0.144. The second kappa shape index (κ2) is 18.4. The van der Waals surface area contributed by atoms with E-state index in [1.54, 1.807) is 52.0 Å². The molecular formula is C31H46N4O7. The lowest BCUT2D eigenvalue weighted by Crippen LogP contribution is -2.53. The summed E-state index contributed by atoms with van der Waals surface area (Å²) in [5.74, 6) is 0.314. The Labute approximate surface area is 249 Å². The number of hydrogen-bond donors (Lipinski definition) is 3. The molecule has 0 radical (unpaired) electrons. The monoisotopic (exact) mass is 586 g/mol. The van der Waals surface area contributed by atoms with Crippen LogP contribution >= 0.6 is 0 Å². The first-order valence-corrected chi connectivity index (χ1v) is 14.4. The van der Waals surface area contributed by atoms with Crippen LogP contribution < -0.4 is 16.4 Å². The fourth-order valence-electron chi connectivity index (χ4n) is 4.12. The van der Waals surface area contributed by atoms with Crippen LogP contribution in [0.1, 0.15) is 96.7 Å². The number of carbonyl (C=O) groups is 5. The first kappa shape index (κ1) is 36.0. The van der Waals surface area contributed by atoms with Crippen molar-refractivity contribution < 1.29 is 33.4 Å². The maximum Gasteiger partial charge on any atom is 0.408 e. The lowest BCUT2D eigenvalue weighted by atomic mass is 9.99. The largest absolute Gasteiger partial charge is 0.466 e. The second-order valence-corrected chi connectivity index (χ2v) is 10.8. The minimum atomic E-state index is -1.20. The molecule has 11 nitrogen and oxygen atoms in total. The van der Waals surface area contributed by atoms with Gasteiger partial charge in [-0.1, -0.05) is 44.2 Å². The van der Waals surface area contributed by atoms with Gasteiger partial charge in [-0.3, -0.25) is 19.2 Å². The Bertz CT molecular complexity index is 1090. The van der Waals surface area contributed by atoms with Gasteiger partial charge in [-0.2, -0.15) is 0 Å². The standard InChI is InChI=1S/C31H46N4O7/c1-7-10-11-12-21-35(29(39)24(17-18-25(32)36)34-30(40)42-31(4,5)6)27(23-15-13-22(8-2)14-16-23)28(38)33-20-19-26(37)41-9-3/h2,13-16,24,27H,7,9-12,17-21H2,1,3-6H3,(H2,32,36)(H,33,38)(H,34,40). The number of esters is 1. The van der Waals surface area contributed by atoms with Gasteiger partial charge >= 0.3 is 12.1 Å². The number of nitrogens with one attached hydrogen (secondary N) is 2. The maximum atomic E-state index is 14.1. The number of alkyl carbamates (subject to hydrolysis) is 1. The Kier molecular flexibility index (Phi) is 15.7. The molecule has 2 atom stereocenters. The number of terminal acetylenes is 1. The molecule has 4 amide bonds. The highest BCUT2D eigenvalue weighted by Crippen LogP contribution is 2.25. The fourth-order valence-corrected chi connectivity index (χ4v) is 4.12. The number of ether oxygens (including phenoxy) is 2. The highest BCUT2D eigenvalue weighted by atomic mass is 16.6. The van der Waals surface area contributed by atoms with Gasteiger partial charge in [0, 0.05) is 25.1 Å². The average molecular weight is 587 g/mol. The summed E-state index contributed by atoms with van der Waals surface area (Å²) in [5, 5.41) is 5.30. The summed E-state index contributed by atoms with van der Waals surface area (Å²) in [6.45, 7) is 9.20. The molecule has 0 fully saturated rings. The van der Waals surface area contributed by atoms with Crippen LogP contribution in [0.15, 0.2) is 24.3 Å². The Morgan fingerprint density at radius 3 is 2.24 bits per heavy atom. The summed E-state index contributed by atoms with van der Waals surface area (Å²) in [4.78, 5) is 65.4. The highest BCUT2D eigenvalue weighted by molar-refractivity contribution is 5.92. The minimum Gasteiger partial charge on any atom is -0.466 e. The van der Waals surface area contributed by atoms with E-state index in [0.29, 0.717) is 17.5 Å². The fraction of sp³-hybridized carbons (Fsp3) is 0.581. The van der Waals surface area contributed by atoms with Crippen molar-refractivity contribution in [2.45, 2.75) is 97.2 Å². The van der Waals surface area contributed by atoms with Gasteiger partial charge < -0.3 is 30.7 Å². The number of unbranched alkanes of at least 4 members (excludes halogenated alkanes) is 3. The molecule has 0 saturated carbocycles. The van der Waals surface area contributed by atoms with Gasteiger partial charge in [0.25, 0.3) is 0 Å². The molecule has 0 aliphatic carbocycles. The van der Waals surface area contributed by atoms with Crippen molar-refractivity contribution >= 4 is 29.8 Å². The third-order valence-electron chi connectivity index (χ3n) is 6.09. The first-order valence-electron chi connectivity index (χ1n) is 14.4. The molecule has 1 aromatic carbocycles. The van der Waals surface area contributed by atoms with Gasteiger partial charge in [0.05, 0.1) is 13.0 Å². The average Bonchev–Trinajstić information content (AvgIpc) is 2.91. The van der Waals surface area contributed by atoms with Crippen molar-refractivity contribution in [3.8, 4) is 12.3 Å². The predicted octanol–water partition coefficient (Wildman–Crippen LogP) is 3.35. The van der Waals surface area contributed by atoms with Crippen LogP contribution in [-0.2, 0) is 28.7 Å². The summed E-state index contributed by atoms with van der Waals surface area (Å²) >= 11 is 0. The summed E-state index contributed by atoms with van der Waals surface area (Å²) in [6.07, 6.45) is 7.64. The van der Waals surface area contributed by atoms with Crippen LogP contribution in [-0.4, -0.2) is 66.0 Å². The van der Waals surface area contributed by atoms with E-state index in [2.05, 4.69) is 23.5 Å². The maximum absolute atomic E-state index is 14.1. The molecule has 11 heteroatoms. The van der Waals surface area contributed by atoms with Crippen molar-refractivity contribution in [1.29, 1.82) is 0 Å². The number of nitrogens with two attached hydrogens (primary N) is 1. The van der Waals surface area contributed by atoms with Crippen LogP contribution in [0, 0.1) is 12.3 Å². The molecule has 4 N–H and O–H groups in total. The molecule has 0 spiro atoms. The highest BCUT2D eigenvalue weighted by Gasteiger charge is 2.36. The number of benzene rings is 1. The van der Waals surface area contributed by atoms with Gasteiger partial charge in [0.1, 0.15) is 17.7 Å². The number of primary amides is 1. The number of amides is 4. The van der Waals surface area contributed by atoms with Crippen molar-refractivity contribution in [2.75, 3.05) is 19.7 Å². The van der Waals surface area contributed by atoms with Gasteiger partial charge in [0.15, 0.2) is 0 Å². The smallest absolute Gasteiger partial charge is 0.408 e. The second-order valence-electron chi connectivity index (χ2n) is 10.8. The Hall–Kier alpha value is -4.07. The molecule has 0 aromatic heterocycles. The molecule has 0 saturated heterocycles. The van der Waals surface area contributed by atoms with Gasteiger partial charge in [-0.05, 0) is 58.2 Å². The van der Waals surface area contributed by atoms with Crippen molar-refractivity contribution in [3.63, 3.8) is 0 Å². The Balaban J connectivity index is 3.49. The summed E-state index contributed by atoms with van der Waals surface area (Å²) in [6, 6.07) is 4.34. The van der Waals surface area contributed by atoms with Crippen LogP contribution in [0.25, 0.3) is 0 Å². The molecule has 1 rings (SSSR count). The number of carbonyl (C=O) groups excluding carboxylic acids is 5. The molecule has 0 bridgehead atoms. The van der Waals surface area contributed by atoms with Gasteiger partial charge in [0.2, 0.25) is 17.7 Å². The van der Waals surface area contributed by atoms with E-state index in [0.717, 1.165) is 19.3 Å². The summed E-state index contributed by atoms with van der Waals surface area (Å²) in [5.41, 5.74) is 5.61. The zero-order valence-electron chi connectivity index (χ0n) is 25.5. The molecule has 42 heavy (non-hydrogen) atoms. The van der Waals surface area contributed by atoms with Crippen LogP contribution in [0.5, 0.6) is 0 Å². The van der Waals surface area contributed by atoms with Gasteiger partial charge in [-0.15, -0.1) is 6.42 Å². The van der Waals surface area contributed by atoms with Crippen molar-refractivity contribution in [3.05, 3.63) is 35.4 Å². The van der Waals surface area contributed by atoms with E-state index in [-0.39, 0.29) is 39.0 Å². The predicted molar refractivity (Wildman–Crippen MR) is 159 cm³/mol. The molecule has 1 aromatic rings. The first-order chi connectivity index (χ1) is 19.8. The van der Waals surface area contributed by atoms with Gasteiger partial charge in [-0.25, -0.2) is 4.79 Å². The SMILES string of the molecule is C#Cc1ccc(C(C(=O)NCCC(=O)OCC)N(CCCCCC)C(=O)C(CCC(N)=O)NC(=O)OC(C)(C)C)cc1. The van der Waals surface area contributed by atoms with E-state index in [1.807, 2.05) is 0 Å². The Morgan fingerprint density at radius 1 is 1.02 bits per heavy atom. The van der Waals surface area contributed by atoms with Crippen molar-refractivity contribution in [1.82, 2.24) is 15.5 Å². The molecular weight excluding hydrogens is 540 g/mol. The third-order valence-corrected chi connectivity index (χ3v) is 6.09. The molecule has 2 unspecified atom stereocenters. The number of rotatable bonds is 17. The van der Waals surface area contributed by atoms with E-state index in [1.165, 1.54) is 4.90 Å². The topological polar surface area (TPSA) is 157 Å². The molecule has 0 aliphatic heterocycles. The quantitative estimate of drug-likeness (QED) is 0.144. The van der Waals surface area contributed by atoms with E-state index < -0.39 is 47.5 Å². The zero-order chi connectivity index (χ0) is 31.7. The Morgan fingerprint density at radius 2 is 1.69 bits per heavy atom. The number of hydrogen-bond acceptors (Lipinski definition) is 7. The number of nitrogens with zero attached hydrogens (tertiary/aromatic N) is 1. The minimum absolute atomic E-state index is 0.00423. The zero-order valence-corrected chi connectivity index (χ0v) is 25.5. The summed E-state index contributed by atoms with van der Waals surface area (Å²) in [7, 11) is 0. The molecule has 0 aliphatic rings. The molecule has 232 valence electrons. The lowest BCUT2D eigenvalue weighted by Gasteiger charge is -2.34. The normalized spacial score (nSPS) is 12.3. The third kappa shape index (κ3) is 13.5. The van der Waals surface area contributed by atoms with E-state index in [4.69, 9.17) is 21.6 Å². The van der Waals surface area contributed by atoms with E-state index in [9.17, 15) is 24.0 Å². The van der Waals surface area contributed by atoms with Crippen molar-refractivity contribution in [2.24, 2.45) is 5.73 Å². The molecule has 0 heterocycles. The van der Waals surface area contributed by atoms with E-state index >= 15 is 0 Å².